The molecular formula is C11H20OS. The molecule has 0 aromatic heterocycles. The van der Waals surface area contributed by atoms with Crippen molar-refractivity contribution in [2.75, 3.05) is 11.5 Å². The smallest absolute Gasteiger partial charge is 0.0986 e. The molecule has 0 aliphatic carbocycles. The lowest BCUT2D eigenvalue weighted by atomic mass is 10.00. The summed E-state index contributed by atoms with van der Waals surface area (Å²) in [5.41, 5.74) is 1.25. The van der Waals surface area contributed by atoms with Crippen LogP contribution in [0.3, 0.4) is 0 Å². The van der Waals surface area contributed by atoms with Gasteiger partial charge in [-0.25, -0.2) is 0 Å². The Kier molecular flexibility index (Phi) is 4.71. The fourth-order valence-corrected chi connectivity index (χ4v) is 2.77. The molecule has 1 aliphatic heterocycles. The molecule has 2 atom stereocenters. The topological polar surface area (TPSA) is 9.23 Å². The summed E-state index contributed by atoms with van der Waals surface area (Å²) < 4.78 is 5.67. The van der Waals surface area contributed by atoms with Crippen molar-refractivity contribution < 1.29 is 4.74 Å². The van der Waals surface area contributed by atoms with Gasteiger partial charge in [-0.3, -0.25) is 0 Å². The van der Waals surface area contributed by atoms with E-state index in [1.165, 1.54) is 29.9 Å². The molecule has 1 heterocycles. The first-order chi connectivity index (χ1) is 6.20. The molecule has 13 heavy (non-hydrogen) atoms. The predicted molar refractivity (Wildman–Crippen MR) is 60.0 cm³/mol. The molecule has 1 nitrogen and oxygen atoms in total. The van der Waals surface area contributed by atoms with Crippen molar-refractivity contribution in [1.82, 2.24) is 0 Å². The van der Waals surface area contributed by atoms with Crippen LogP contribution in [0, 0.1) is 5.92 Å². The predicted octanol–water partition coefficient (Wildman–Crippen LogP) is 3.46. The first-order valence-electron chi connectivity index (χ1n) is 5.06. The van der Waals surface area contributed by atoms with Crippen LogP contribution in [0.5, 0.6) is 0 Å². The van der Waals surface area contributed by atoms with Gasteiger partial charge in [-0.2, -0.15) is 11.8 Å². The van der Waals surface area contributed by atoms with Crippen LogP contribution in [0.1, 0.15) is 33.6 Å². The molecule has 0 aromatic rings. The number of thioether (sulfide) groups is 1. The van der Waals surface area contributed by atoms with Crippen molar-refractivity contribution in [2.45, 2.75) is 39.7 Å². The van der Waals surface area contributed by atoms with E-state index < -0.39 is 0 Å². The molecule has 0 saturated carbocycles. The van der Waals surface area contributed by atoms with Crippen LogP contribution in [0.4, 0.5) is 0 Å². The minimum Gasteiger partial charge on any atom is -0.498 e. The molecule has 1 aliphatic rings. The Morgan fingerprint density at radius 3 is 2.85 bits per heavy atom. The second kappa shape index (κ2) is 5.58. The van der Waals surface area contributed by atoms with Gasteiger partial charge in [0.25, 0.3) is 0 Å². The highest BCUT2D eigenvalue weighted by Gasteiger charge is 2.20. The molecule has 0 amide bonds. The third-order valence-corrected chi connectivity index (χ3v) is 3.62. The van der Waals surface area contributed by atoms with Crippen LogP contribution < -0.4 is 0 Å². The monoisotopic (exact) mass is 200 g/mol. The lowest BCUT2D eigenvalue weighted by Crippen LogP contribution is -2.24. The molecule has 0 aromatic carbocycles. The van der Waals surface area contributed by atoms with Gasteiger partial charge in [0.15, 0.2) is 0 Å². The zero-order chi connectivity index (χ0) is 9.68. The molecule has 0 spiro atoms. The largest absolute Gasteiger partial charge is 0.498 e. The van der Waals surface area contributed by atoms with Gasteiger partial charge in [-0.05, 0) is 50.7 Å². The van der Waals surface area contributed by atoms with Gasteiger partial charge in [-0.1, -0.05) is 0 Å². The van der Waals surface area contributed by atoms with E-state index in [9.17, 15) is 0 Å². The molecule has 1 rings (SSSR count). The summed E-state index contributed by atoms with van der Waals surface area (Å²) in [6.07, 6.45) is 4.98. The van der Waals surface area contributed by atoms with Gasteiger partial charge in [0.1, 0.15) is 0 Å². The molecule has 76 valence electrons. The van der Waals surface area contributed by atoms with Crippen molar-refractivity contribution in [1.29, 1.82) is 0 Å². The second-order valence-electron chi connectivity index (χ2n) is 4.01. The molecule has 0 N–H and O–H groups in total. The molecule has 1 fully saturated rings. The zero-order valence-corrected chi connectivity index (χ0v) is 9.69. The minimum absolute atomic E-state index is 0.391. The van der Waals surface area contributed by atoms with Crippen molar-refractivity contribution in [3.05, 3.63) is 11.8 Å². The summed E-state index contributed by atoms with van der Waals surface area (Å²) in [6.45, 7) is 6.33. The highest BCUT2D eigenvalue weighted by Crippen LogP contribution is 2.26. The van der Waals surface area contributed by atoms with E-state index in [-0.39, 0.29) is 0 Å². The van der Waals surface area contributed by atoms with E-state index in [1.54, 1.807) is 0 Å². The minimum atomic E-state index is 0.391. The molecule has 2 unspecified atom stereocenters. The molecular weight excluding hydrogens is 180 g/mol. The average molecular weight is 200 g/mol. The highest BCUT2D eigenvalue weighted by atomic mass is 32.2. The van der Waals surface area contributed by atoms with Crippen LogP contribution >= 0.6 is 11.8 Å². The number of rotatable bonds is 3. The van der Waals surface area contributed by atoms with Gasteiger partial charge in [-0.15, -0.1) is 0 Å². The fraction of sp³-hybridized carbons (Fsp3) is 0.818. The molecule has 0 bridgehead atoms. The average Bonchev–Trinajstić information content (AvgIpc) is 2.15. The third kappa shape index (κ3) is 4.08. The van der Waals surface area contributed by atoms with Crippen LogP contribution in [0.15, 0.2) is 11.8 Å². The SMILES string of the molecule is CC(C)=COC(C)C1CCCSC1. The van der Waals surface area contributed by atoms with E-state index >= 15 is 0 Å². The quantitative estimate of drug-likeness (QED) is 0.645. The van der Waals surface area contributed by atoms with E-state index in [0.717, 1.165) is 5.92 Å². The van der Waals surface area contributed by atoms with Gasteiger partial charge in [0.2, 0.25) is 0 Å². The Labute approximate surface area is 85.9 Å². The summed E-state index contributed by atoms with van der Waals surface area (Å²) >= 11 is 2.06. The maximum atomic E-state index is 5.67. The summed E-state index contributed by atoms with van der Waals surface area (Å²) in [7, 11) is 0. The van der Waals surface area contributed by atoms with E-state index in [1.807, 2.05) is 6.26 Å². The number of ether oxygens (including phenoxy) is 1. The summed E-state index contributed by atoms with van der Waals surface area (Å²) in [4.78, 5) is 0. The summed E-state index contributed by atoms with van der Waals surface area (Å²) in [5, 5.41) is 0. The highest BCUT2D eigenvalue weighted by molar-refractivity contribution is 7.99. The maximum absolute atomic E-state index is 5.67. The number of allylic oxidation sites excluding steroid dienone is 1. The van der Waals surface area contributed by atoms with Crippen molar-refractivity contribution >= 4 is 11.8 Å². The first kappa shape index (κ1) is 11.0. The Balaban J connectivity index is 2.28. The molecule has 0 radical (unpaired) electrons. The van der Waals surface area contributed by atoms with Crippen LogP contribution in [-0.4, -0.2) is 17.6 Å². The third-order valence-electron chi connectivity index (χ3n) is 2.38. The standard InChI is InChI=1S/C11H20OS/c1-9(2)7-12-10(3)11-5-4-6-13-8-11/h7,10-11H,4-6,8H2,1-3H3. The first-order valence-corrected chi connectivity index (χ1v) is 6.22. The van der Waals surface area contributed by atoms with E-state index in [4.69, 9.17) is 4.74 Å². The van der Waals surface area contributed by atoms with Gasteiger partial charge in [0.05, 0.1) is 12.4 Å². The number of hydrogen-bond donors (Lipinski definition) is 0. The Morgan fingerprint density at radius 2 is 2.31 bits per heavy atom. The van der Waals surface area contributed by atoms with E-state index in [2.05, 4.69) is 32.5 Å². The van der Waals surface area contributed by atoms with Crippen LogP contribution in [-0.2, 0) is 4.74 Å². The van der Waals surface area contributed by atoms with Gasteiger partial charge >= 0.3 is 0 Å². The fourth-order valence-electron chi connectivity index (χ4n) is 1.49. The maximum Gasteiger partial charge on any atom is 0.0986 e. The molecule has 2 heteroatoms. The summed E-state index contributed by atoms with van der Waals surface area (Å²) in [5.74, 6) is 3.37. The lowest BCUT2D eigenvalue weighted by molar-refractivity contribution is 0.105. The Morgan fingerprint density at radius 1 is 1.54 bits per heavy atom. The van der Waals surface area contributed by atoms with Crippen LogP contribution in [0.2, 0.25) is 0 Å². The van der Waals surface area contributed by atoms with E-state index in [0.29, 0.717) is 6.10 Å². The van der Waals surface area contributed by atoms with Crippen molar-refractivity contribution in [2.24, 2.45) is 5.92 Å². The van der Waals surface area contributed by atoms with Crippen molar-refractivity contribution in [3.8, 4) is 0 Å². The summed E-state index contributed by atoms with van der Waals surface area (Å²) in [6, 6.07) is 0. The van der Waals surface area contributed by atoms with Gasteiger partial charge < -0.3 is 4.74 Å². The van der Waals surface area contributed by atoms with Gasteiger partial charge in [0, 0.05) is 5.92 Å². The normalized spacial score (nSPS) is 25.0. The second-order valence-corrected chi connectivity index (χ2v) is 5.16. The molecule has 1 saturated heterocycles. The number of hydrogen-bond acceptors (Lipinski definition) is 2. The van der Waals surface area contributed by atoms with Crippen LogP contribution in [0.25, 0.3) is 0 Å². The Bertz CT molecular complexity index is 167. The zero-order valence-electron chi connectivity index (χ0n) is 8.88. The lowest BCUT2D eigenvalue weighted by Gasteiger charge is -2.26. The van der Waals surface area contributed by atoms with Crippen molar-refractivity contribution in [3.63, 3.8) is 0 Å². The Hall–Kier alpha value is -0.110.